The largest absolute Gasteiger partial charge is 0.478 e. The first-order valence-corrected chi connectivity index (χ1v) is 5.92. The highest BCUT2D eigenvalue weighted by Crippen LogP contribution is 2.20. The Hall–Kier alpha value is -2.30. The second-order valence-electron chi connectivity index (χ2n) is 4.05. The van der Waals surface area contributed by atoms with Crippen molar-refractivity contribution in [1.29, 1.82) is 0 Å². The van der Waals surface area contributed by atoms with Gasteiger partial charge in [-0.1, -0.05) is 0 Å². The van der Waals surface area contributed by atoms with E-state index in [-0.39, 0.29) is 11.4 Å². The highest BCUT2D eigenvalue weighted by Gasteiger charge is 2.16. The van der Waals surface area contributed by atoms with E-state index in [2.05, 4.69) is 0 Å². The van der Waals surface area contributed by atoms with Crippen molar-refractivity contribution in [1.82, 2.24) is 0 Å². The average Bonchev–Trinajstić information content (AvgIpc) is 2.85. The Bertz CT molecular complexity index is 562. The van der Waals surface area contributed by atoms with Gasteiger partial charge in [0.2, 0.25) is 0 Å². The highest BCUT2D eigenvalue weighted by atomic mass is 19.1. The molecule has 0 bridgehead atoms. The maximum Gasteiger partial charge on any atom is 0.339 e. The Morgan fingerprint density at radius 1 is 1.32 bits per heavy atom. The number of aromatic carboxylic acids is 1. The highest BCUT2D eigenvalue weighted by molar-refractivity contribution is 5.88. The molecule has 0 aliphatic carbocycles. The van der Waals surface area contributed by atoms with E-state index in [0.29, 0.717) is 18.8 Å². The minimum Gasteiger partial charge on any atom is -0.478 e. The molecule has 0 saturated heterocycles. The summed E-state index contributed by atoms with van der Waals surface area (Å²) in [6.45, 7) is 2.93. The van der Waals surface area contributed by atoms with Crippen LogP contribution < -0.4 is 4.90 Å². The molecule has 1 heterocycles. The van der Waals surface area contributed by atoms with Crippen molar-refractivity contribution in [2.24, 2.45) is 0 Å². The van der Waals surface area contributed by atoms with Crippen LogP contribution in [0, 0.1) is 5.82 Å². The molecule has 19 heavy (non-hydrogen) atoms. The predicted molar refractivity (Wildman–Crippen MR) is 68.8 cm³/mol. The number of halogens is 1. The third kappa shape index (κ3) is 2.93. The Morgan fingerprint density at radius 3 is 2.58 bits per heavy atom. The Kier molecular flexibility index (Phi) is 3.85. The summed E-state index contributed by atoms with van der Waals surface area (Å²) in [7, 11) is 0. The van der Waals surface area contributed by atoms with E-state index in [1.54, 1.807) is 12.1 Å². The molecule has 100 valence electrons. The first kappa shape index (κ1) is 13.1. The van der Waals surface area contributed by atoms with Crippen molar-refractivity contribution in [3.63, 3.8) is 0 Å². The van der Waals surface area contributed by atoms with Crippen molar-refractivity contribution in [3.05, 3.63) is 53.7 Å². The number of nitrogens with zero attached hydrogens (tertiary/aromatic N) is 1. The van der Waals surface area contributed by atoms with Crippen LogP contribution in [0.3, 0.4) is 0 Å². The van der Waals surface area contributed by atoms with E-state index >= 15 is 0 Å². The molecule has 1 aromatic carbocycles. The molecule has 1 aromatic heterocycles. The minimum atomic E-state index is -1.01. The van der Waals surface area contributed by atoms with Crippen LogP contribution in [0.1, 0.15) is 23.0 Å². The lowest BCUT2D eigenvalue weighted by Gasteiger charge is -2.22. The zero-order valence-corrected chi connectivity index (χ0v) is 10.5. The lowest BCUT2D eigenvalue weighted by molar-refractivity contribution is 0.0694. The minimum absolute atomic E-state index is 0.153. The fourth-order valence-corrected chi connectivity index (χ4v) is 1.86. The molecular weight excluding hydrogens is 249 g/mol. The van der Waals surface area contributed by atoms with Gasteiger partial charge in [0.15, 0.2) is 0 Å². The van der Waals surface area contributed by atoms with Gasteiger partial charge >= 0.3 is 5.97 Å². The summed E-state index contributed by atoms with van der Waals surface area (Å²) in [4.78, 5) is 12.9. The number of carboxylic acid groups (broad SMARTS) is 1. The molecule has 0 radical (unpaired) electrons. The van der Waals surface area contributed by atoms with E-state index in [4.69, 9.17) is 9.52 Å². The maximum absolute atomic E-state index is 12.9. The molecule has 1 N–H and O–H groups in total. The molecule has 0 amide bonds. The lowest BCUT2D eigenvalue weighted by Crippen LogP contribution is -2.22. The predicted octanol–water partition coefficient (Wildman–Crippen LogP) is 3.14. The van der Waals surface area contributed by atoms with Crippen LogP contribution in [0.25, 0.3) is 0 Å². The fourth-order valence-electron chi connectivity index (χ4n) is 1.86. The van der Waals surface area contributed by atoms with Crippen molar-refractivity contribution in [2.45, 2.75) is 13.5 Å². The van der Waals surface area contributed by atoms with Crippen molar-refractivity contribution < 1.29 is 18.7 Å². The van der Waals surface area contributed by atoms with Gasteiger partial charge in [0, 0.05) is 12.2 Å². The molecule has 5 heteroatoms. The third-order valence-electron chi connectivity index (χ3n) is 2.88. The van der Waals surface area contributed by atoms with Gasteiger partial charge in [0.05, 0.1) is 12.8 Å². The van der Waals surface area contributed by atoms with Crippen LogP contribution in [0.15, 0.2) is 41.0 Å². The van der Waals surface area contributed by atoms with Gasteiger partial charge in [-0.25, -0.2) is 9.18 Å². The number of hydrogen-bond acceptors (Lipinski definition) is 3. The van der Waals surface area contributed by atoms with Gasteiger partial charge in [-0.3, -0.25) is 0 Å². The van der Waals surface area contributed by atoms with Gasteiger partial charge < -0.3 is 14.4 Å². The summed E-state index contributed by atoms with van der Waals surface area (Å²) in [5.74, 6) is -0.929. The fraction of sp³-hybridized carbons (Fsp3) is 0.214. The first-order chi connectivity index (χ1) is 9.11. The maximum atomic E-state index is 12.9. The number of rotatable bonds is 5. The second kappa shape index (κ2) is 5.56. The van der Waals surface area contributed by atoms with Crippen LogP contribution in [-0.2, 0) is 6.54 Å². The Labute approximate surface area is 110 Å². The summed E-state index contributed by atoms with van der Waals surface area (Å²) in [6, 6.07) is 7.48. The normalized spacial score (nSPS) is 10.4. The molecule has 0 unspecified atom stereocenters. The van der Waals surface area contributed by atoms with Crippen molar-refractivity contribution in [3.8, 4) is 0 Å². The number of carbonyl (C=O) groups is 1. The quantitative estimate of drug-likeness (QED) is 0.900. The van der Waals surface area contributed by atoms with Crippen molar-refractivity contribution in [2.75, 3.05) is 11.4 Å². The summed E-state index contributed by atoms with van der Waals surface area (Å²) in [5, 5.41) is 9.02. The number of benzene rings is 1. The second-order valence-corrected chi connectivity index (χ2v) is 4.05. The van der Waals surface area contributed by atoms with Gasteiger partial charge in [-0.15, -0.1) is 0 Å². The molecule has 4 nitrogen and oxygen atoms in total. The molecule has 0 spiro atoms. The van der Waals surface area contributed by atoms with E-state index in [9.17, 15) is 9.18 Å². The molecule has 0 atom stereocenters. The molecule has 0 fully saturated rings. The van der Waals surface area contributed by atoms with Crippen LogP contribution in [-0.4, -0.2) is 17.6 Å². The molecule has 2 rings (SSSR count). The number of anilines is 1. The van der Waals surface area contributed by atoms with E-state index < -0.39 is 5.97 Å². The summed E-state index contributed by atoms with van der Waals surface area (Å²) in [6.07, 6.45) is 1.36. The monoisotopic (exact) mass is 263 g/mol. The zero-order chi connectivity index (χ0) is 13.8. The van der Waals surface area contributed by atoms with E-state index in [1.807, 2.05) is 11.8 Å². The first-order valence-electron chi connectivity index (χ1n) is 5.92. The van der Waals surface area contributed by atoms with Crippen LogP contribution in [0.4, 0.5) is 10.1 Å². The molecule has 0 aliphatic rings. The van der Waals surface area contributed by atoms with Crippen molar-refractivity contribution >= 4 is 11.7 Å². The summed E-state index contributed by atoms with van der Waals surface area (Å²) in [5.41, 5.74) is 0.970. The smallest absolute Gasteiger partial charge is 0.339 e. The number of furan rings is 1. The Balaban J connectivity index is 2.21. The Morgan fingerprint density at radius 2 is 2.00 bits per heavy atom. The SMILES string of the molecule is CCN(Cc1occc1C(=O)O)c1ccc(F)cc1. The topological polar surface area (TPSA) is 53.7 Å². The molecule has 2 aromatic rings. The van der Waals surface area contributed by atoms with Crippen LogP contribution in [0.2, 0.25) is 0 Å². The van der Waals surface area contributed by atoms with Gasteiger partial charge in [-0.05, 0) is 37.3 Å². The van der Waals surface area contributed by atoms with Gasteiger partial charge in [0.1, 0.15) is 17.1 Å². The van der Waals surface area contributed by atoms with E-state index in [1.165, 1.54) is 24.5 Å². The summed E-state index contributed by atoms with van der Waals surface area (Å²) < 4.78 is 18.1. The van der Waals surface area contributed by atoms with Crippen LogP contribution in [0.5, 0.6) is 0 Å². The molecule has 0 aliphatic heterocycles. The van der Waals surface area contributed by atoms with Gasteiger partial charge in [-0.2, -0.15) is 0 Å². The number of hydrogen-bond donors (Lipinski definition) is 1. The molecular formula is C14H14FNO3. The average molecular weight is 263 g/mol. The zero-order valence-electron chi connectivity index (χ0n) is 10.5. The lowest BCUT2D eigenvalue weighted by atomic mass is 10.2. The van der Waals surface area contributed by atoms with Gasteiger partial charge in [0.25, 0.3) is 0 Å². The van der Waals surface area contributed by atoms with Crippen LogP contribution >= 0.6 is 0 Å². The number of carboxylic acids is 1. The molecule has 0 saturated carbocycles. The standard InChI is InChI=1S/C14H14FNO3/c1-2-16(11-5-3-10(15)4-6-11)9-13-12(14(17)18)7-8-19-13/h3-8H,2,9H2,1H3,(H,17,18). The summed E-state index contributed by atoms with van der Waals surface area (Å²) >= 11 is 0. The van der Waals surface area contributed by atoms with E-state index in [0.717, 1.165) is 5.69 Å². The third-order valence-corrected chi connectivity index (χ3v) is 2.88.